The Hall–Kier alpha value is -0.0400. The van der Waals surface area contributed by atoms with Crippen molar-refractivity contribution in [3.63, 3.8) is 0 Å². The van der Waals surface area contributed by atoms with Crippen LogP contribution >= 0.6 is 0 Å². The molecule has 1 atom stereocenters. The Bertz CT molecular complexity index is 237. The van der Waals surface area contributed by atoms with E-state index in [1.165, 1.54) is 51.5 Å². The van der Waals surface area contributed by atoms with Crippen molar-refractivity contribution < 1.29 is 0 Å². The third-order valence-electron chi connectivity index (χ3n) is 5.27. The van der Waals surface area contributed by atoms with E-state index in [4.69, 9.17) is 0 Å². The molecule has 0 radical (unpaired) electrons. The van der Waals surface area contributed by atoms with Gasteiger partial charge in [-0.25, -0.2) is 0 Å². The fourth-order valence-electron chi connectivity index (χ4n) is 4.00. The summed E-state index contributed by atoms with van der Waals surface area (Å²) in [7, 11) is 0. The van der Waals surface area contributed by atoms with Gasteiger partial charge < -0.3 is 5.32 Å². The third kappa shape index (κ3) is 3.47. The Morgan fingerprint density at radius 1 is 1.12 bits per heavy atom. The summed E-state index contributed by atoms with van der Waals surface area (Å²) in [6.45, 7) is 10.9. The highest BCUT2D eigenvalue weighted by Crippen LogP contribution is 2.42. The quantitative estimate of drug-likeness (QED) is 0.752. The zero-order chi connectivity index (χ0) is 12.5. The van der Waals surface area contributed by atoms with E-state index in [2.05, 4.69) is 33.0 Å². The molecule has 17 heavy (non-hydrogen) atoms. The van der Waals surface area contributed by atoms with Crippen molar-refractivity contribution in [1.82, 2.24) is 5.32 Å². The third-order valence-corrected chi connectivity index (χ3v) is 5.27. The molecule has 1 aliphatic heterocycles. The van der Waals surface area contributed by atoms with Gasteiger partial charge in [0.2, 0.25) is 0 Å². The lowest BCUT2D eigenvalue weighted by molar-refractivity contribution is 0.133. The van der Waals surface area contributed by atoms with E-state index in [1.54, 1.807) is 0 Å². The lowest BCUT2D eigenvalue weighted by Crippen LogP contribution is -2.39. The van der Waals surface area contributed by atoms with Crippen LogP contribution in [0.2, 0.25) is 0 Å². The van der Waals surface area contributed by atoms with Crippen LogP contribution in [0.25, 0.3) is 0 Å². The van der Waals surface area contributed by atoms with Crippen molar-refractivity contribution in [2.75, 3.05) is 6.54 Å². The molecule has 2 fully saturated rings. The van der Waals surface area contributed by atoms with Crippen molar-refractivity contribution in [1.29, 1.82) is 0 Å². The average molecular weight is 237 g/mol. The predicted molar refractivity (Wildman–Crippen MR) is 75.2 cm³/mol. The molecule has 1 saturated carbocycles. The molecule has 0 aromatic carbocycles. The van der Waals surface area contributed by atoms with Gasteiger partial charge in [-0.1, -0.05) is 33.6 Å². The van der Waals surface area contributed by atoms with Crippen LogP contribution in [0.3, 0.4) is 0 Å². The maximum atomic E-state index is 3.72. The number of rotatable bonds is 2. The highest BCUT2D eigenvalue weighted by Gasteiger charge is 2.34. The Morgan fingerprint density at radius 3 is 2.24 bits per heavy atom. The predicted octanol–water partition coefficient (Wildman–Crippen LogP) is 4.37. The second-order valence-corrected chi connectivity index (χ2v) is 7.88. The second kappa shape index (κ2) is 4.91. The van der Waals surface area contributed by atoms with Crippen LogP contribution in [0, 0.1) is 17.3 Å². The van der Waals surface area contributed by atoms with Gasteiger partial charge in [0.15, 0.2) is 0 Å². The molecule has 1 heteroatoms. The summed E-state index contributed by atoms with van der Waals surface area (Å²) in [5.41, 5.74) is 1.000. The molecule has 2 rings (SSSR count). The van der Waals surface area contributed by atoms with Gasteiger partial charge in [0, 0.05) is 5.54 Å². The van der Waals surface area contributed by atoms with E-state index < -0.39 is 0 Å². The van der Waals surface area contributed by atoms with E-state index in [9.17, 15) is 0 Å². The average Bonchev–Trinajstić information content (AvgIpc) is 2.64. The first-order valence-electron chi connectivity index (χ1n) is 7.64. The lowest BCUT2D eigenvalue weighted by atomic mass is 9.68. The van der Waals surface area contributed by atoms with Gasteiger partial charge in [-0.05, 0) is 62.8 Å². The summed E-state index contributed by atoms with van der Waals surface area (Å²) in [4.78, 5) is 0. The Morgan fingerprint density at radius 2 is 1.76 bits per heavy atom. The summed E-state index contributed by atoms with van der Waals surface area (Å²) >= 11 is 0. The molecule has 1 aliphatic carbocycles. The summed E-state index contributed by atoms with van der Waals surface area (Å²) in [5.74, 6) is 1.95. The first-order chi connectivity index (χ1) is 7.89. The highest BCUT2D eigenvalue weighted by atomic mass is 15.0. The van der Waals surface area contributed by atoms with Crippen molar-refractivity contribution >= 4 is 0 Å². The molecule has 0 spiro atoms. The fraction of sp³-hybridized carbons (Fsp3) is 1.00. The van der Waals surface area contributed by atoms with E-state index >= 15 is 0 Å². The summed E-state index contributed by atoms with van der Waals surface area (Å²) < 4.78 is 0. The van der Waals surface area contributed by atoms with Crippen molar-refractivity contribution in [3.05, 3.63) is 0 Å². The minimum Gasteiger partial charge on any atom is -0.312 e. The molecule has 0 aromatic rings. The lowest BCUT2D eigenvalue weighted by Gasteiger charge is -2.39. The normalized spacial score (nSPS) is 39.5. The van der Waals surface area contributed by atoms with Crippen LogP contribution in [-0.4, -0.2) is 12.1 Å². The fourth-order valence-corrected chi connectivity index (χ4v) is 4.00. The van der Waals surface area contributed by atoms with Crippen molar-refractivity contribution in [3.8, 4) is 0 Å². The van der Waals surface area contributed by atoms with Crippen LogP contribution in [0.1, 0.15) is 72.6 Å². The van der Waals surface area contributed by atoms with Gasteiger partial charge in [0.05, 0.1) is 0 Å². The molecule has 1 nitrogen and oxygen atoms in total. The van der Waals surface area contributed by atoms with E-state index in [-0.39, 0.29) is 0 Å². The van der Waals surface area contributed by atoms with Gasteiger partial charge in [-0.2, -0.15) is 0 Å². The number of nitrogens with one attached hydrogen (secondary N) is 1. The topological polar surface area (TPSA) is 12.0 Å². The number of hydrogen-bond donors (Lipinski definition) is 1. The molecule has 1 unspecified atom stereocenters. The zero-order valence-corrected chi connectivity index (χ0v) is 12.3. The van der Waals surface area contributed by atoms with E-state index in [0.717, 1.165) is 11.8 Å². The molecule has 1 saturated heterocycles. The molecule has 0 aromatic heterocycles. The molecule has 1 heterocycles. The summed E-state index contributed by atoms with van der Waals surface area (Å²) in [6.07, 6.45) is 10.1. The monoisotopic (exact) mass is 237 g/mol. The molecule has 2 aliphatic rings. The van der Waals surface area contributed by atoms with Gasteiger partial charge in [0.1, 0.15) is 0 Å². The van der Waals surface area contributed by atoms with Gasteiger partial charge in [-0.15, -0.1) is 0 Å². The van der Waals surface area contributed by atoms with Gasteiger partial charge in [0.25, 0.3) is 0 Å². The Kier molecular flexibility index (Phi) is 3.87. The number of hydrogen-bond acceptors (Lipinski definition) is 1. The molecule has 0 bridgehead atoms. The molecule has 0 amide bonds. The largest absolute Gasteiger partial charge is 0.312 e. The smallest absolute Gasteiger partial charge is 0.0156 e. The van der Waals surface area contributed by atoms with Crippen LogP contribution in [0.5, 0.6) is 0 Å². The standard InChI is InChI=1S/C16H31N/c1-15(2,3)14-8-6-13(7-9-14)12-16(4)10-5-11-17-16/h13-14,17H,5-12H2,1-4H3. The minimum absolute atomic E-state index is 0.471. The summed E-state index contributed by atoms with van der Waals surface area (Å²) in [6, 6.07) is 0. The Labute approximate surface area is 108 Å². The SMILES string of the molecule is CC1(CC2CCC(C(C)(C)C)CC2)CCCN1. The van der Waals surface area contributed by atoms with Gasteiger partial charge in [-0.3, -0.25) is 0 Å². The van der Waals surface area contributed by atoms with Crippen LogP contribution in [-0.2, 0) is 0 Å². The van der Waals surface area contributed by atoms with Crippen LogP contribution < -0.4 is 5.32 Å². The molecular weight excluding hydrogens is 206 g/mol. The highest BCUT2D eigenvalue weighted by molar-refractivity contribution is 4.92. The first kappa shape index (κ1) is 13.4. The molecule has 1 N–H and O–H groups in total. The maximum Gasteiger partial charge on any atom is 0.0156 e. The van der Waals surface area contributed by atoms with Crippen molar-refractivity contribution in [2.24, 2.45) is 17.3 Å². The van der Waals surface area contributed by atoms with Crippen LogP contribution in [0.4, 0.5) is 0 Å². The first-order valence-corrected chi connectivity index (χ1v) is 7.64. The van der Waals surface area contributed by atoms with Gasteiger partial charge >= 0.3 is 0 Å². The summed E-state index contributed by atoms with van der Waals surface area (Å²) in [5, 5.41) is 3.72. The molecular formula is C16H31N. The van der Waals surface area contributed by atoms with E-state index in [1.807, 2.05) is 0 Å². The van der Waals surface area contributed by atoms with E-state index in [0.29, 0.717) is 11.0 Å². The van der Waals surface area contributed by atoms with Crippen molar-refractivity contribution in [2.45, 2.75) is 78.2 Å². The maximum absolute atomic E-state index is 3.72. The second-order valence-electron chi connectivity index (χ2n) is 7.88. The zero-order valence-electron chi connectivity index (χ0n) is 12.3. The molecule has 100 valence electrons. The Balaban J connectivity index is 1.79. The minimum atomic E-state index is 0.471. The van der Waals surface area contributed by atoms with Crippen LogP contribution in [0.15, 0.2) is 0 Å².